The molecular formula is C26H30N4O3. The summed E-state index contributed by atoms with van der Waals surface area (Å²) in [6, 6.07) is 11.8. The summed E-state index contributed by atoms with van der Waals surface area (Å²) in [7, 11) is 3.20. The lowest BCUT2D eigenvalue weighted by Gasteiger charge is -2.26. The fourth-order valence-electron chi connectivity index (χ4n) is 4.28. The number of carbonyl (C=O) groups is 1. The van der Waals surface area contributed by atoms with Gasteiger partial charge in [0.25, 0.3) is 0 Å². The highest BCUT2D eigenvalue weighted by atomic mass is 16.5. The van der Waals surface area contributed by atoms with Crippen LogP contribution in [-0.2, 0) is 4.79 Å². The molecule has 2 atom stereocenters. The third-order valence-electron chi connectivity index (χ3n) is 6.02. The molecule has 33 heavy (non-hydrogen) atoms. The maximum Gasteiger partial charge on any atom is 0.244 e. The number of nitrogens with one attached hydrogen (secondary N) is 2. The summed E-state index contributed by atoms with van der Waals surface area (Å²) < 4.78 is 10.8. The van der Waals surface area contributed by atoms with Crippen molar-refractivity contribution in [2.45, 2.75) is 38.6 Å². The second-order valence-corrected chi connectivity index (χ2v) is 8.50. The van der Waals surface area contributed by atoms with Gasteiger partial charge in [-0.2, -0.15) is 0 Å². The largest absolute Gasteiger partial charge is 0.493 e. The zero-order valence-corrected chi connectivity index (χ0v) is 19.3. The molecule has 172 valence electrons. The molecule has 2 unspecified atom stereocenters. The van der Waals surface area contributed by atoms with Gasteiger partial charge in [-0.3, -0.25) is 4.79 Å². The van der Waals surface area contributed by atoms with Gasteiger partial charge < -0.3 is 20.1 Å². The van der Waals surface area contributed by atoms with Crippen LogP contribution in [0.5, 0.6) is 11.5 Å². The van der Waals surface area contributed by atoms with Crippen LogP contribution < -0.4 is 20.1 Å². The Morgan fingerprint density at radius 2 is 1.82 bits per heavy atom. The van der Waals surface area contributed by atoms with Crippen LogP contribution in [0.1, 0.15) is 38.2 Å². The number of methoxy groups -OCH3 is 2. The number of benzene rings is 2. The third kappa shape index (κ3) is 5.61. The summed E-state index contributed by atoms with van der Waals surface area (Å²) in [4.78, 5) is 21.0. The Kier molecular flexibility index (Phi) is 7.07. The first-order valence-corrected chi connectivity index (χ1v) is 11.3. The molecule has 2 aromatic carbocycles. The van der Waals surface area contributed by atoms with Crippen LogP contribution in [0.4, 0.5) is 11.5 Å². The summed E-state index contributed by atoms with van der Waals surface area (Å²) in [6.45, 7) is 2.25. The molecule has 1 aromatic heterocycles. The lowest BCUT2D eigenvalue weighted by molar-refractivity contribution is -0.117. The zero-order valence-electron chi connectivity index (χ0n) is 19.3. The molecule has 1 amide bonds. The van der Waals surface area contributed by atoms with E-state index >= 15 is 0 Å². The summed E-state index contributed by atoms with van der Waals surface area (Å²) in [5.41, 5.74) is 2.58. The average Bonchev–Trinajstić information content (AvgIpc) is 2.83. The summed E-state index contributed by atoms with van der Waals surface area (Å²) in [5.74, 6) is 2.55. The van der Waals surface area contributed by atoms with Gasteiger partial charge in [-0.05, 0) is 48.6 Å². The SMILES string of the molecule is COc1cc2ncnc(Nc3ccc(/C=C/C(=O)NC4CCCC(C)C4)cc3)c2cc1OC. The minimum Gasteiger partial charge on any atom is -0.493 e. The predicted octanol–water partition coefficient (Wildman–Crippen LogP) is 5.10. The lowest BCUT2D eigenvalue weighted by atomic mass is 9.87. The molecular weight excluding hydrogens is 416 g/mol. The minimum absolute atomic E-state index is 0.0341. The van der Waals surface area contributed by atoms with Crippen molar-refractivity contribution in [3.63, 3.8) is 0 Å². The molecule has 1 aliphatic rings. The number of nitrogens with zero attached hydrogens (tertiary/aromatic N) is 2. The summed E-state index contributed by atoms with van der Waals surface area (Å²) in [6.07, 6.45) is 9.54. The van der Waals surface area contributed by atoms with E-state index in [-0.39, 0.29) is 5.91 Å². The molecule has 4 rings (SSSR count). The molecule has 0 bridgehead atoms. The van der Waals surface area contributed by atoms with Gasteiger partial charge in [-0.1, -0.05) is 31.9 Å². The Balaban J connectivity index is 1.43. The number of ether oxygens (including phenoxy) is 2. The number of amides is 1. The average molecular weight is 447 g/mol. The smallest absolute Gasteiger partial charge is 0.244 e. The highest BCUT2D eigenvalue weighted by Gasteiger charge is 2.19. The van der Waals surface area contributed by atoms with E-state index in [1.807, 2.05) is 42.5 Å². The third-order valence-corrected chi connectivity index (χ3v) is 6.02. The highest BCUT2D eigenvalue weighted by molar-refractivity contribution is 5.93. The second kappa shape index (κ2) is 10.3. The maximum atomic E-state index is 12.3. The highest BCUT2D eigenvalue weighted by Crippen LogP contribution is 2.34. The Labute approximate surface area is 194 Å². The normalized spacial score (nSPS) is 18.3. The number of hydrogen-bond acceptors (Lipinski definition) is 6. The first kappa shape index (κ1) is 22.6. The van der Waals surface area contributed by atoms with Crippen LogP contribution in [-0.4, -0.2) is 36.1 Å². The van der Waals surface area contributed by atoms with Crippen LogP contribution in [0.3, 0.4) is 0 Å². The van der Waals surface area contributed by atoms with Crippen LogP contribution >= 0.6 is 0 Å². The molecule has 0 saturated heterocycles. The Bertz CT molecular complexity index is 1140. The monoisotopic (exact) mass is 446 g/mol. The number of aromatic nitrogens is 2. The molecule has 7 nitrogen and oxygen atoms in total. The molecule has 1 saturated carbocycles. The molecule has 0 radical (unpaired) electrons. The molecule has 1 aliphatic carbocycles. The van der Waals surface area contributed by atoms with Gasteiger partial charge in [0.05, 0.1) is 19.7 Å². The van der Waals surface area contributed by atoms with Crippen molar-refractivity contribution in [3.05, 3.63) is 54.4 Å². The van der Waals surface area contributed by atoms with Gasteiger partial charge in [0.2, 0.25) is 5.91 Å². The van der Waals surface area contributed by atoms with E-state index in [2.05, 4.69) is 27.5 Å². The first-order valence-electron chi connectivity index (χ1n) is 11.3. The molecule has 2 N–H and O–H groups in total. The minimum atomic E-state index is -0.0341. The fourth-order valence-corrected chi connectivity index (χ4v) is 4.28. The van der Waals surface area contributed by atoms with E-state index in [1.54, 1.807) is 20.3 Å². The van der Waals surface area contributed by atoms with Crippen molar-refractivity contribution in [1.29, 1.82) is 0 Å². The maximum absolute atomic E-state index is 12.3. The van der Waals surface area contributed by atoms with Gasteiger partial charge in [0.15, 0.2) is 11.5 Å². The summed E-state index contributed by atoms with van der Waals surface area (Å²) >= 11 is 0. The van der Waals surface area contributed by atoms with E-state index in [4.69, 9.17) is 9.47 Å². The standard InChI is InChI=1S/C26H30N4O3/c1-17-5-4-6-20(13-17)29-25(31)12-9-18-7-10-19(11-8-18)30-26-21-14-23(32-2)24(33-3)15-22(21)27-16-28-26/h7-12,14-17,20H,4-6,13H2,1-3H3,(H,29,31)(H,27,28,30)/b12-9+. The van der Waals surface area contributed by atoms with Gasteiger partial charge in [0, 0.05) is 29.3 Å². The van der Waals surface area contributed by atoms with Crippen molar-refractivity contribution in [1.82, 2.24) is 15.3 Å². The topological polar surface area (TPSA) is 85.4 Å². The predicted molar refractivity (Wildman–Crippen MR) is 131 cm³/mol. The number of anilines is 2. The Morgan fingerprint density at radius 1 is 1.06 bits per heavy atom. The van der Waals surface area contributed by atoms with Crippen molar-refractivity contribution in [2.24, 2.45) is 5.92 Å². The zero-order chi connectivity index (χ0) is 23.2. The van der Waals surface area contributed by atoms with Gasteiger partial charge in [-0.15, -0.1) is 0 Å². The van der Waals surface area contributed by atoms with Crippen LogP contribution in [0.15, 0.2) is 48.8 Å². The number of hydrogen-bond donors (Lipinski definition) is 2. The van der Waals surface area contributed by atoms with Gasteiger partial charge >= 0.3 is 0 Å². The van der Waals surface area contributed by atoms with Gasteiger partial charge in [0.1, 0.15) is 12.1 Å². The number of rotatable bonds is 7. The van der Waals surface area contributed by atoms with Crippen LogP contribution in [0.25, 0.3) is 17.0 Å². The summed E-state index contributed by atoms with van der Waals surface area (Å²) in [5, 5.41) is 7.29. The number of carbonyl (C=O) groups excluding carboxylic acids is 1. The molecule has 3 aromatic rings. The lowest BCUT2D eigenvalue weighted by Crippen LogP contribution is -2.36. The molecule has 0 aliphatic heterocycles. The van der Waals surface area contributed by atoms with E-state index in [0.29, 0.717) is 29.3 Å². The second-order valence-electron chi connectivity index (χ2n) is 8.50. The van der Waals surface area contributed by atoms with Gasteiger partial charge in [-0.25, -0.2) is 9.97 Å². The van der Waals surface area contributed by atoms with Crippen molar-refractivity contribution in [2.75, 3.05) is 19.5 Å². The first-order chi connectivity index (χ1) is 16.1. The van der Waals surface area contributed by atoms with Crippen LogP contribution in [0, 0.1) is 5.92 Å². The van der Waals surface area contributed by atoms with Crippen molar-refractivity contribution < 1.29 is 14.3 Å². The van der Waals surface area contributed by atoms with Crippen molar-refractivity contribution in [3.8, 4) is 11.5 Å². The van der Waals surface area contributed by atoms with E-state index in [1.165, 1.54) is 19.2 Å². The molecule has 1 fully saturated rings. The van der Waals surface area contributed by atoms with E-state index < -0.39 is 0 Å². The van der Waals surface area contributed by atoms with E-state index in [9.17, 15) is 4.79 Å². The Hall–Kier alpha value is -3.61. The fraction of sp³-hybridized carbons (Fsp3) is 0.346. The molecule has 0 spiro atoms. The molecule has 1 heterocycles. The van der Waals surface area contributed by atoms with E-state index in [0.717, 1.165) is 35.0 Å². The number of fused-ring (bicyclic) bond motifs is 1. The Morgan fingerprint density at radius 3 is 2.55 bits per heavy atom. The molecule has 7 heteroatoms. The van der Waals surface area contributed by atoms with Crippen molar-refractivity contribution >= 4 is 34.4 Å². The van der Waals surface area contributed by atoms with Crippen LogP contribution in [0.2, 0.25) is 0 Å². The quantitative estimate of drug-likeness (QED) is 0.491.